The normalized spacial score (nSPS) is 14.7. The highest BCUT2D eigenvalue weighted by atomic mass is 35.5. The smallest absolute Gasteiger partial charge is 0.437 e. The molecule has 252 valence electrons. The zero-order chi connectivity index (χ0) is 35.1. The lowest BCUT2D eigenvalue weighted by molar-refractivity contribution is -0.126. The lowest BCUT2D eigenvalue weighted by Gasteiger charge is -2.35. The van der Waals surface area contributed by atoms with Crippen LogP contribution in [-0.2, 0) is 9.59 Å². The predicted molar refractivity (Wildman–Crippen MR) is 191 cm³/mol. The average Bonchev–Trinajstić information content (AvgIpc) is 3.11. The van der Waals surface area contributed by atoms with Crippen molar-refractivity contribution in [2.75, 3.05) is 62.2 Å². The second-order valence-electron chi connectivity index (χ2n) is 10.9. The van der Waals surface area contributed by atoms with Crippen LogP contribution in [0.3, 0.4) is 0 Å². The molecule has 0 bridgehead atoms. The number of allylic oxidation sites excluding steroid dienone is 1. The molecule has 0 atom stereocenters. The van der Waals surface area contributed by atoms with E-state index in [1.54, 1.807) is 37.2 Å². The first-order chi connectivity index (χ1) is 23.0. The van der Waals surface area contributed by atoms with E-state index in [0.717, 1.165) is 49.5 Å². The molecule has 3 aromatic rings. The van der Waals surface area contributed by atoms with E-state index in [0.29, 0.717) is 37.1 Å². The highest BCUT2D eigenvalue weighted by Crippen LogP contribution is 2.14. The number of anilines is 2. The minimum atomic E-state index is -1.51. The summed E-state index contributed by atoms with van der Waals surface area (Å²) in [6.07, 6.45) is 7.42. The lowest BCUT2D eigenvalue weighted by Crippen LogP contribution is -2.51. The molecule has 5 N–H and O–H groups in total. The number of hydrogen-bond donors (Lipinski definition) is 5. The van der Waals surface area contributed by atoms with Crippen LogP contribution in [0.4, 0.5) is 11.6 Å². The van der Waals surface area contributed by atoms with E-state index in [1.807, 2.05) is 46.1 Å². The first-order valence-electron chi connectivity index (χ1n) is 15.4. The quantitative estimate of drug-likeness (QED) is 0.113. The van der Waals surface area contributed by atoms with Crippen LogP contribution < -0.4 is 20.7 Å². The van der Waals surface area contributed by atoms with Crippen LogP contribution in [0.25, 0.3) is 6.08 Å². The SMILES string of the molecule is C=CC(=O)Cl.CB(O)N1CCN(c2ccc(B(O)O)cn2)CC1.O=C(/C=C/c1ccccc1)N1CCN(c2ccc(B(O)O)cn2)CC1. The van der Waals surface area contributed by atoms with Gasteiger partial charge in [-0.25, -0.2) is 9.97 Å². The van der Waals surface area contributed by atoms with Crippen molar-refractivity contribution < 1.29 is 34.7 Å². The number of nitrogens with zero attached hydrogens (tertiary/aromatic N) is 6. The Morgan fingerprint density at radius 1 is 0.750 bits per heavy atom. The van der Waals surface area contributed by atoms with Gasteiger partial charge in [0.25, 0.3) is 0 Å². The van der Waals surface area contributed by atoms with Gasteiger partial charge < -0.3 is 44.6 Å². The fraction of sp³-hybridized carbons (Fsp3) is 0.290. The summed E-state index contributed by atoms with van der Waals surface area (Å²) in [5, 5.41) is 45.1. The Balaban J connectivity index is 0.000000238. The van der Waals surface area contributed by atoms with Crippen LogP contribution in [0.15, 0.2) is 85.7 Å². The van der Waals surface area contributed by atoms with Gasteiger partial charge in [-0.3, -0.25) is 9.59 Å². The summed E-state index contributed by atoms with van der Waals surface area (Å²) in [5.74, 6) is 1.61. The van der Waals surface area contributed by atoms with Crippen molar-refractivity contribution in [1.82, 2.24) is 19.7 Å². The van der Waals surface area contributed by atoms with Crippen LogP contribution in [0.5, 0.6) is 0 Å². The lowest BCUT2D eigenvalue weighted by atomic mass is 9.82. The number of carbonyl (C=O) groups is 2. The van der Waals surface area contributed by atoms with E-state index in [9.17, 15) is 14.6 Å². The summed E-state index contributed by atoms with van der Waals surface area (Å²) >= 11 is 4.71. The third kappa shape index (κ3) is 12.5. The largest absolute Gasteiger partial charge is 0.490 e. The topological polar surface area (TPSA) is 174 Å². The van der Waals surface area contributed by atoms with Gasteiger partial charge in [-0.05, 0) is 48.3 Å². The maximum Gasteiger partial charge on any atom is 0.490 e. The average molecular weight is 677 g/mol. The van der Waals surface area contributed by atoms with E-state index in [1.165, 1.54) is 12.4 Å². The number of rotatable bonds is 8. The van der Waals surface area contributed by atoms with Crippen LogP contribution in [0, 0.1) is 0 Å². The fourth-order valence-electron chi connectivity index (χ4n) is 4.79. The molecular weight excluding hydrogens is 636 g/mol. The van der Waals surface area contributed by atoms with E-state index >= 15 is 0 Å². The van der Waals surface area contributed by atoms with Crippen LogP contribution >= 0.6 is 11.6 Å². The standard InChI is InChI=1S/C18H20BN3O3.C10H17B2N3O3.C3H3ClO/c23-18(9-6-15-4-2-1-3-5-15)22-12-10-21(11-13-22)17-8-7-16(14-20-17)19(24)25;1-11(16)15-6-4-14(5-7-15)10-3-2-9(8-13-10)12(17)18;1-2-3(4)5/h1-9,14,24-25H,10-13H2;2-3,8,16-18H,4-7H2,1H3;2H,1H2/b9-6+;;. The number of benzene rings is 1. The molecule has 2 aromatic heterocycles. The fourth-order valence-corrected chi connectivity index (χ4v) is 4.79. The van der Waals surface area contributed by atoms with Gasteiger partial charge in [0.15, 0.2) is 0 Å². The molecule has 2 fully saturated rings. The van der Waals surface area contributed by atoms with Crippen molar-refractivity contribution in [2.45, 2.75) is 6.82 Å². The van der Waals surface area contributed by atoms with Gasteiger partial charge in [-0.1, -0.05) is 49.0 Å². The summed E-state index contributed by atoms with van der Waals surface area (Å²) in [5.41, 5.74) is 1.76. The molecule has 0 spiro atoms. The van der Waals surface area contributed by atoms with Gasteiger partial charge in [-0.2, -0.15) is 0 Å². The Morgan fingerprint density at radius 2 is 1.21 bits per heavy atom. The van der Waals surface area contributed by atoms with E-state index in [-0.39, 0.29) is 5.91 Å². The van der Waals surface area contributed by atoms with Gasteiger partial charge in [0.2, 0.25) is 11.1 Å². The molecule has 17 heteroatoms. The maximum absolute atomic E-state index is 12.3. The van der Waals surface area contributed by atoms with E-state index in [4.69, 9.17) is 31.7 Å². The van der Waals surface area contributed by atoms with E-state index < -0.39 is 26.5 Å². The molecule has 2 aliphatic rings. The number of pyridine rings is 2. The van der Waals surface area contributed by atoms with Gasteiger partial charge in [0.05, 0.1) is 0 Å². The van der Waals surface area contributed by atoms with Crippen LogP contribution in [-0.4, -0.2) is 130 Å². The zero-order valence-electron chi connectivity index (χ0n) is 26.8. The Labute approximate surface area is 286 Å². The maximum atomic E-state index is 12.3. The Kier molecular flexibility index (Phi) is 15.8. The molecule has 0 saturated carbocycles. The van der Waals surface area contributed by atoms with Crippen LogP contribution in [0.1, 0.15) is 5.56 Å². The third-order valence-electron chi connectivity index (χ3n) is 7.60. The van der Waals surface area contributed by atoms with Gasteiger partial charge >= 0.3 is 21.3 Å². The molecule has 48 heavy (non-hydrogen) atoms. The minimum absolute atomic E-state index is 0.00946. The molecule has 2 aliphatic heterocycles. The Morgan fingerprint density at radius 3 is 1.58 bits per heavy atom. The molecule has 0 radical (unpaired) electrons. The monoisotopic (exact) mass is 676 g/mol. The molecule has 13 nitrogen and oxygen atoms in total. The van der Waals surface area contributed by atoms with E-state index in [2.05, 4.69) is 26.3 Å². The molecule has 5 rings (SSSR count). The van der Waals surface area contributed by atoms with Gasteiger partial charge in [-0.15, -0.1) is 0 Å². The Hall–Kier alpha value is -4.02. The third-order valence-corrected chi connectivity index (χ3v) is 7.75. The predicted octanol–water partition coefficient (Wildman–Crippen LogP) is -0.945. The van der Waals surface area contributed by atoms with Gasteiger partial charge in [0.1, 0.15) is 11.6 Å². The molecular formula is C31H40B3ClN6O7. The summed E-state index contributed by atoms with van der Waals surface area (Å²) in [6.45, 7) is 10.7. The molecule has 1 aromatic carbocycles. The number of piperazine rings is 2. The molecule has 4 heterocycles. The first kappa shape index (κ1) is 38.4. The van der Waals surface area contributed by atoms with Gasteiger partial charge in [0, 0.05) is 81.8 Å². The molecule has 0 aliphatic carbocycles. The summed E-state index contributed by atoms with van der Waals surface area (Å²) in [6, 6.07) is 16.6. The molecule has 1 amide bonds. The molecule has 0 unspecified atom stereocenters. The summed E-state index contributed by atoms with van der Waals surface area (Å²) in [7, 11) is -3.39. The van der Waals surface area contributed by atoms with Crippen molar-refractivity contribution in [3.05, 3.63) is 91.3 Å². The highest BCUT2D eigenvalue weighted by molar-refractivity contribution is 6.66. The van der Waals surface area contributed by atoms with Crippen LogP contribution in [0.2, 0.25) is 6.82 Å². The van der Waals surface area contributed by atoms with Crippen molar-refractivity contribution >= 4 is 72.7 Å². The first-order valence-corrected chi connectivity index (χ1v) is 15.8. The second-order valence-corrected chi connectivity index (χ2v) is 11.2. The Bertz CT molecular complexity index is 1460. The highest BCUT2D eigenvalue weighted by Gasteiger charge is 2.24. The van der Waals surface area contributed by atoms with Crippen molar-refractivity contribution in [1.29, 1.82) is 0 Å². The summed E-state index contributed by atoms with van der Waals surface area (Å²) < 4.78 is 0. The van der Waals surface area contributed by atoms with Crippen molar-refractivity contribution in [3.8, 4) is 0 Å². The zero-order valence-corrected chi connectivity index (χ0v) is 27.5. The number of aromatic nitrogens is 2. The second kappa shape index (κ2) is 19.7. The minimum Gasteiger partial charge on any atom is -0.437 e. The number of amides is 1. The number of carbonyl (C=O) groups excluding carboxylic acids is 2. The molecule has 2 saturated heterocycles. The number of hydrogen-bond acceptors (Lipinski definition) is 12. The number of halogens is 1. The summed E-state index contributed by atoms with van der Waals surface area (Å²) in [4.78, 5) is 38.2. The van der Waals surface area contributed by atoms with Crippen molar-refractivity contribution in [3.63, 3.8) is 0 Å². The van der Waals surface area contributed by atoms with Crippen molar-refractivity contribution in [2.24, 2.45) is 0 Å².